The molecule has 6 nitrogen and oxygen atoms in total. The molecule has 0 fully saturated rings. The number of amides is 1. The van der Waals surface area contributed by atoms with Gasteiger partial charge in [0.15, 0.2) is 10.9 Å². The Kier molecular flexibility index (Phi) is 7.26. The molecule has 3 rings (SSSR count). The van der Waals surface area contributed by atoms with Crippen molar-refractivity contribution >= 4 is 42.6 Å². The summed E-state index contributed by atoms with van der Waals surface area (Å²) in [6.45, 7) is 8.63. The van der Waals surface area contributed by atoms with Crippen LogP contribution in [0.15, 0.2) is 41.3 Å². The number of halogens is 2. The molecule has 0 saturated heterocycles. The van der Waals surface area contributed by atoms with Crippen LogP contribution in [0.5, 0.6) is 0 Å². The zero-order valence-electron chi connectivity index (χ0n) is 18.2. The number of aromatic nitrogens is 1. The Labute approximate surface area is 190 Å². The number of sulfonamides is 1. The van der Waals surface area contributed by atoms with E-state index in [2.05, 4.69) is 10.3 Å². The number of thiazole rings is 1. The normalized spacial score (nSPS) is 12.3. The van der Waals surface area contributed by atoms with E-state index in [4.69, 9.17) is 0 Å². The highest BCUT2D eigenvalue weighted by Gasteiger charge is 2.26. The van der Waals surface area contributed by atoms with Crippen LogP contribution in [0.3, 0.4) is 0 Å². The molecule has 0 aliphatic heterocycles. The van der Waals surface area contributed by atoms with Crippen LogP contribution < -0.4 is 5.32 Å². The van der Waals surface area contributed by atoms with Gasteiger partial charge in [-0.15, -0.1) is 0 Å². The zero-order valence-corrected chi connectivity index (χ0v) is 19.9. The third-order valence-electron chi connectivity index (χ3n) is 4.53. The summed E-state index contributed by atoms with van der Waals surface area (Å²) in [5.74, 6) is -1.73. The predicted octanol–water partition coefficient (Wildman–Crippen LogP) is 5.13. The lowest BCUT2D eigenvalue weighted by Gasteiger charge is -2.25. The number of fused-ring (bicyclic) bond motifs is 1. The first kappa shape index (κ1) is 24.2. The molecule has 0 spiro atoms. The maximum Gasteiger partial charge on any atom is 0.257 e. The van der Waals surface area contributed by atoms with Crippen molar-refractivity contribution in [1.29, 1.82) is 0 Å². The van der Waals surface area contributed by atoms with E-state index < -0.39 is 27.6 Å². The number of nitrogens with zero attached hydrogens (tertiary/aromatic N) is 2. The number of benzene rings is 2. The van der Waals surface area contributed by atoms with Crippen LogP contribution in [0.25, 0.3) is 10.2 Å². The van der Waals surface area contributed by atoms with Gasteiger partial charge in [0.25, 0.3) is 5.91 Å². The maximum absolute atomic E-state index is 13.8. The van der Waals surface area contributed by atoms with E-state index in [-0.39, 0.29) is 37.6 Å². The lowest BCUT2D eigenvalue weighted by molar-refractivity contribution is 0.102. The van der Waals surface area contributed by atoms with Gasteiger partial charge in [-0.1, -0.05) is 39.0 Å². The average Bonchev–Trinajstić information content (AvgIpc) is 3.09. The number of hydrogen-bond acceptors (Lipinski definition) is 5. The predicted molar refractivity (Wildman–Crippen MR) is 122 cm³/mol. The molecule has 0 unspecified atom stereocenters. The van der Waals surface area contributed by atoms with E-state index in [1.54, 1.807) is 0 Å². The van der Waals surface area contributed by atoms with Crippen LogP contribution in [0.2, 0.25) is 0 Å². The second-order valence-corrected chi connectivity index (χ2v) is 11.3. The largest absolute Gasteiger partial charge is 0.298 e. The van der Waals surface area contributed by atoms with E-state index in [0.29, 0.717) is 13.1 Å². The maximum atomic E-state index is 13.8. The molecule has 0 atom stereocenters. The Morgan fingerprint density at radius 1 is 1.06 bits per heavy atom. The van der Waals surface area contributed by atoms with Crippen LogP contribution in [0.4, 0.5) is 13.9 Å². The summed E-state index contributed by atoms with van der Waals surface area (Å²) in [6, 6.07) is 7.49. The smallest absolute Gasteiger partial charge is 0.257 e. The van der Waals surface area contributed by atoms with Crippen molar-refractivity contribution in [3.8, 4) is 0 Å². The number of carbonyl (C=O) groups is 1. The minimum absolute atomic E-state index is 0.0245. The molecule has 0 aliphatic rings. The standard InChI is InChI=1S/C22H25F2N3O3S2/c1-13(2)11-27(12-14(3)4)32(29,30)17-7-5-15(6-8-17)21(28)26-22-25-20-18(24)9-16(23)10-19(20)31-22/h5-10,13-14H,11-12H2,1-4H3,(H,25,26,28). The molecule has 2 aromatic carbocycles. The number of carbonyl (C=O) groups excluding carboxylic acids is 1. The fraction of sp³-hybridized carbons (Fsp3) is 0.364. The summed E-state index contributed by atoms with van der Waals surface area (Å²) in [4.78, 5) is 16.7. The van der Waals surface area contributed by atoms with E-state index in [0.717, 1.165) is 23.5 Å². The summed E-state index contributed by atoms with van der Waals surface area (Å²) in [5.41, 5.74) is 0.192. The lowest BCUT2D eigenvalue weighted by atomic mass is 10.2. The highest BCUT2D eigenvalue weighted by molar-refractivity contribution is 7.89. The average molecular weight is 482 g/mol. The molecule has 10 heteroatoms. The molecule has 1 amide bonds. The molecule has 0 bridgehead atoms. The van der Waals surface area contributed by atoms with Gasteiger partial charge in [-0.2, -0.15) is 4.31 Å². The molecule has 32 heavy (non-hydrogen) atoms. The summed E-state index contributed by atoms with van der Waals surface area (Å²) >= 11 is 0.946. The highest BCUT2D eigenvalue weighted by Crippen LogP contribution is 2.29. The van der Waals surface area contributed by atoms with Crippen LogP contribution in [-0.4, -0.2) is 36.7 Å². The van der Waals surface area contributed by atoms with Gasteiger partial charge in [-0.25, -0.2) is 22.2 Å². The van der Waals surface area contributed by atoms with Gasteiger partial charge in [0, 0.05) is 24.7 Å². The minimum Gasteiger partial charge on any atom is -0.298 e. The molecule has 0 radical (unpaired) electrons. The third-order valence-corrected chi connectivity index (χ3v) is 7.29. The molecular formula is C22H25F2N3O3S2. The monoisotopic (exact) mass is 481 g/mol. The van der Waals surface area contributed by atoms with Crippen molar-refractivity contribution in [2.75, 3.05) is 18.4 Å². The fourth-order valence-corrected chi connectivity index (χ4v) is 5.86. The summed E-state index contributed by atoms with van der Waals surface area (Å²) in [6.07, 6.45) is 0. The minimum atomic E-state index is -3.70. The number of anilines is 1. The molecular weight excluding hydrogens is 456 g/mol. The lowest BCUT2D eigenvalue weighted by Crippen LogP contribution is -2.37. The SMILES string of the molecule is CC(C)CN(CC(C)C)S(=O)(=O)c1ccc(C(=O)Nc2nc3c(F)cc(F)cc3s2)cc1. The van der Waals surface area contributed by atoms with Crippen LogP contribution in [-0.2, 0) is 10.0 Å². The van der Waals surface area contributed by atoms with Crippen molar-refractivity contribution < 1.29 is 22.0 Å². The van der Waals surface area contributed by atoms with Crippen LogP contribution >= 0.6 is 11.3 Å². The van der Waals surface area contributed by atoms with E-state index in [1.165, 1.54) is 28.6 Å². The zero-order chi connectivity index (χ0) is 23.6. The van der Waals surface area contributed by atoms with Crippen molar-refractivity contribution in [2.45, 2.75) is 32.6 Å². The van der Waals surface area contributed by atoms with Crippen molar-refractivity contribution in [2.24, 2.45) is 11.8 Å². The second-order valence-electron chi connectivity index (χ2n) is 8.34. The molecule has 3 aromatic rings. The van der Waals surface area contributed by atoms with Gasteiger partial charge in [-0.05, 0) is 42.2 Å². The molecule has 172 valence electrons. The first-order valence-corrected chi connectivity index (χ1v) is 12.4. The van der Waals surface area contributed by atoms with E-state index >= 15 is 0 Å². The van der Waals surface area contributed by atoms with E-state index in [1.807, 2.05) is 27.7 Å². The number of hydrogen-bond donors (Lipinski definition) is 1. The third kappa shape index (κ3) is 5.48. The van der Waals surface area contributed by atoms with Crippen LogP contribution in [0.1, 0.15) is 38.1 Å². The van der Waals surface area contributed by atoms with Gasteiger partial charge < -0.3 is 0 Å². The van der Waals surface area contributed by atoms with E-state index in [9.17, 15) is 22.0 Å². The fourth-order valence-electron chi connectivity index (χ4n) is 3.19. The summed E-state index contributed by atoms with van der Waals surface area (Å²) in [5, 5.41) is 2.66. The highest BCUT2D eigenvalue weighted by atomic mass is 32.2. The van der Waals surface area contributed by atoms with Crippen molar-refractivity contribution in [1.82, 2.24) is 9.29 Å². The van der Waals surface area contributed by atoms with Gasteiger partial charge in [0.1, 0.15) is 11.3 Å². The van der Waals surface area contributed by atoms with Crippen LogP contribution in [0, 0.1) is 23.5 Å². The number of nitrogens with one attached hydrogen (secondary N) is 1. The van der Waals surface area contributed by atoms with Gasteiger partial charge >= 0.3 is 0 Å². The molecule has 1 N–H and O–H groups in total. The Morgan fingerprint density at radius 2 is 1.66 bits per heavy atom. The van der Waals surface area contributed by atoms with Gasteiger partial charge in [0.05, 0.1) is 9.60 Å². The van der Waals surface area contributed by atoms with Crippen molar-refractivity contribution in [3.63, 3.8) is 0 Å². The summed E-state index contributed by atoms with van der Waals surface area (Å²) in [7, 11) is -3.70. The molecule has 1 heterocycles. The summed E-state index contributed by atoms with van der Waals surface area (Å²) < 4.78 is 55.1. The Balaban J connectivity index is 1.79. The molecule has 1 aromatic heterocycles. The Hall–Kier alpha value is -2.43. The Morgan fingerprint density at radius 3 is 2.22 bits per heavy atom. The molecule has 0 saturated carbocycles. The van der Waals surface area contributed by atoms with Gasteiger partial charge in [0.2, 0.25) is 10.0 Å². The quantitative estimate of drug-likeness (QED) is 0.484. The first-order chi connectivity index (χ1) is 15.0. The second kappa shape index (κ2) is 9.60. The Bertz CT molecular complexity index is 1210. The van der Waals surface area contributed by atoms with Crippen molar-refractivity contribution in [3.05, 3.63) is 53.6 Å². The number of rotatable bonds is 8. The molecule has 0 aliphatic carbocycles. The topological polar surface area (TPSA) is 79.4 Å². The first-order valence-electron chi connectivity index (χ1n) is 10.1. The van der Waals surface area contributed by atoms with Gasteiger partial charge in [-0.3, -0.25) is 10.1 Å².